The Morgan fingerprint density at radius 1 is 1.62 bits per heavy atom. The first-order valence-corrected chi connectivity index (χ1v) is 5.48. The molecule has 0 atom stereocenters. The number of ether oxygens (including phenoxy) is 1. The number of hydrogen-bond acceptors (Lipinski definition) is 3. The molecule has 16 heavy (non-hydrogen) atoms. The monoisotopic (exact) mass is 224 g/mol. The molecule has 1 aliphatic rings. The predicted molar refractivity (Wildman–Crippen MR) is 57.3 cm³/mol. The van der Waals surface area contributed by atoms with Crippen LogP contribution in [0.15, 0.2) is 0 Å². The Hall–Kier alpha value is -1.36. The third-order valence-electron chi connectivity index (χ3n) is 2.71. The van der Waals surface area contributed by atoms with Crippen molar-refractivity contribution >= 4 is 5.97 Å². The van der Waals surface area contributed by atoms with Crippen molar-refractivity contribution in [2.45, 2.75) is 39.3 Å². The number of imidazole rings is 1. The molecule has 2 heterocycles. The van der Waals surface area contributed by atoms with Gasteiger partial charge in [-0.3, -0.25) is 4.79 Å². The molecule has 0 fully saturated rings. The van der Waals surface area contributed by atoms with Crippen LogP contribution in [0.4, 0.5) is 0 Å². The van der Waals surface area contributed by atoms with E-state index in [-0.39, 0.29) is 12.5 Å². The van der Waals surface area contributed by atoms with E-state index in [2.05, 4.69) is 4.98 Å². The van der Waals surface area contributed by atoms with Crippen molar-refractivity contribution in [2.75, 3.05) is 6.61 Å². The number of rotatable bonds is 3. The van der Waals surface area contributed by atoms with Crippen molar-refractivity contribution in [1.29, 1.82) is 0 Å². The molecular weight excluding hydrogens is 208 g/mol. The van der Waals surface area contributed by atoms with Gasteiger partial charge in [-0.2, -0.15) is 0 Å². The van der Waals surface area contributed by atoms with Gasteiger partial charge in [-0.05, 0) is 13.8 Å². The highest BCUT2D eigenvalue weighted by atomic mass is 16.5. The number of carboxylic acids is 1. The third kappa shape index (κ3) is 1.95. The normalized spacial score (nSPS) is 15.2. The maximum Gasteiger partial charge on any atom is 0.311 e. The molecule has 1 aromatic heterocycles. The fourth-order valence-corrected chi connectivity index (χ4v) is 2.13. The molecular formula is C11H16N2O3. The zero-order valence-electron chi connectivity index (χ0n) is 9.56. The van der Waals surface area contributed by atoms with Gasteiger partial charge in [0.15, 0.2) is 0 Å². The fourth-order valence-electron chi connectivity index (χ4n) is 2.13. The lowest BCUT2D eigenvalue weighted by Crippen LogP contribution is -2.16. The van der Waals surface area contributed by atoms with Crippen LogP contribution in [0.2, 0.25) is 0 Å². The smallest absolute Gasteiger partial charge is 0.311 e. The highest BCUT2D eigenvalue weighted by Crippen LogP contribution is 2.22. The summed E-state index contributed by atoms with van der Waals surface area (Å²) < 4.78 is 7.39. The van der Waals surface area contributed by atoms with E-state index in [0.29, 0.717) is 19.0 Å². The topological polar surface area (TPSA) is 64.4 Å². The van der Waals surface area contributed by atoms with Crippen LogP contribution in [-0.2, 0) is 29.0 Å². The van der Waals surface area contributed by atoms with Gasteiger partial charge in [0, 0.05) is 12.5 Å². The van der Waals surface area contributed by atoms with Crippen LogP contribution in [0.25, 0.3) is 0 Å². The molecule has 0 unspecified atom stereocenters. The predicted octanol–water partition coefficient (Wildman–Crippen LogP) is 1.16. The number of fused-ring (bicyclic) bond motifs is 1. The summed E-state index contributed by atoms with van der Waals surface area (Å²) in [5.41, 5.74) is 2.04. The van der Waals surface area contributed by atoms with Crippen LogP contribution < -0.4 is 0 Å². The average Bonchev–Trinajstić information content (AvgIpc) is 2.53. The van der Waals surface area contributed by atoms with Crippen molar-refractivity contribution < 1.29 is 14.6 Å². The van der Waals surface area contributed by atoms with Gasteiger partial charge in [0.2, 0.25) is 0 Å². The van der Waals surface area contributed by atoms with Crippen molar-refractivity contribution in [2.24, 2.45) is 0 Å². The van der Waals surface area contributed by atoms with Crippen molar-refractivity contribution in [3.8, 4) is 0 Å². The Morgan fingerprint density at radius 2 is 2.38 bits per heavy atom. The molecule has 0 spiro atoms. The number of aliphatic carboxylic acids is 1. The van der Waals surface area contributed by atoms with E-state index in [1.807, 2.05) is 18.4 Å². The summed E-state index contributed by atoms with van der Waals surface area (Å²) in [5, 5.41) is 8.85. The molecule has 0 amide bonds. The van der Waals surface area contributed by atoms with E-state index in [0.717, 1.165) is 17.8 Å². The zero-order valence-corrected chi connectivity index (χ0v) is 9.56. The first-order chi connectivity index (χ1) is 7.59. The Kier molecular flexibility index (Phi) is 2.96. The van der Waals surface area contributed by atoms with Gasteiger partial charge in [-0.1, -0.05) is 0 Å². The summed E-state index contributed by atoms with van der Waals surface area (Å²) in [4.78, 5) is 15.2. The molecule has 88 valence electrons. The van der Waals surface area contributed by atoms with Crippen molar-refractivity contribution in [3.05, 3.63) is 17.2 Å². The van der Waals surface area contributed by atoms with Crippen LogP contribution in [0.3, 0.4) is 0 Å². The van der Waals surface area contributed by atoms with E-state index in [1.165, 1.54) is 0 Å². The van der Waals surface area contributed by atoms with E-state index in [4.69, 9.17) is 9.84 Å². The molecule has 0 saturated heterocycles. The summed E-state index contributed by atoms with van der Waals surface area (Å²) in [6, 6.07) is 0.215. The Morgan fingerprint density at radius 3 is 3.00 bits per heavy atom. The molecule has 0 aromatic carbocycles. The van der Waals surface area contributed by atoms with E-state index < -0.39 is 5.97 Å². The number of aromatic nitrogens is 2. The number of carbonyl (C=O) groups is 1. The van der Waals surface area contributed by atoms with Crippen LogP contribution in [0.1, 0.15) is 37.1 Å². The quantitative estimate of drug-likeness (QED) is 0.836. The molecule has 2 rings (SSSR count). The molecule has 5 nitrogen and oxygen atoms in total. The summed E-state index contributed by atoms with van der Waals surface area (Å²) in [6.45, 7) is 5.28. The molecule has 5 heteroatoms. The van der Waals surface area contributed by atoms with Gasteiger partial charge in [-0.15, -0.1) is 0 Å². The zero-order chi connectivity index (χ0) is 11.7. The second-order valence-electron chi connectivity index (χ2n) is 4.26. The van der Waals surface area contributed by atoms with E-state index in [9.17, 15) is 4.79 Å². The van der Waals surface area contributed by atoms with E-state index in [1.54, 1.807) is 0 Å². The van der Waals surface area contributed by atoms with Gasteiger partial charge < -0.3 is 14.4 Å². The Balaban J connectivity index is 2.43. The van der Waals surface area contributed by atoms with Crippen LogP contribution >= 0.6 is 0 Å². The SMILES string of the molecule is CC(C)n1c(CC(=O)O)nc2c1COCC2. The highest BCUT2D eigenvalue weighted by molar-refractivity contribution is 5.69. The molecule has 0 bridgehead atoms. The maximum atomic E-state index is 10.8. The molecule has 1 N–H and O–H groups in total. The minimum absolute atomic E-state index is 0.0226. The number of hydrogen-bond donors (Lipinski definition) is 1. The third-order valence-corrected chi connectivity index (χ3v) is 2.71. The van der Waals surface area contributed by atoms with Crippen molar-refractivity contribution in [1.82, 2.24) is 9.55 Å². The van der Waals surface area contributed by atoms with Crippen LogP contribution in [0, 0.1) is 0 Å². The lowest BCUT2D eigenvalue weighted by atomic mass is 10.2. The number of carboxylic acid groups (broad SMARTS) is 1. The molecule has 1 aliphatic heterocycles. The Bertz CT molecular complexity index is 410. The van der Waals surface area contributed by atoms with Gasteiger partial charge >= 0.3 is 5.97 Å². The minimum Gasteiger partial charge on any atom is -0.481 e. The summed E-state index contributed by atoms with van der Waals surface area (Å²) in [7, 11) is 0. The summed E-state index contributed by atoms with van der Waals surface area (Å²) in [5.74, 6) is -0.205. The largest absolute Gasteiger partial charge is 0.481 e. The standard InChI is InChI=1S/C11H16N2O3/c1-7(2)13-9-6-16-4-3-8(9)12-10(13)5-11(14)15/h7H,3-6H2,1-2H3,(H,14,15). The fraction of sp³-hybridized carbons (Fsp3) is 0.636. The molecule has 0 aliphatic carbocycles. The molecule has 0 radical (unpaired) electrons. The first kappa shape index (κ1) is 11.1. The van der Waals surface area contributed by atoms with Crippen LogP contribution in [0.5, 0.6) is 0 Å². The molecule has 0 saturated carbocycles. The van der Waals surface area contributed by atoms with Crippen LogP contribution in [-0.4, -0.2) is 27.2 Å². The highest BCUT2D eigenvalue weighted by Gasteiger charge is 2.22. The van der Waals surface area contributed by atoms with Gasteiger partial charge in [-0.25, -0.2) is 4.98 Å². The average molecular weight is 224 g/mol. The maximum absolute atomic E-state index is 10.8. The second kappa shape index (κ2) is 4.25. The first-order valence-electron chi connectivity index (χ1n) is 5.48. The second-order valence-corrected chi connectivity index (χ2v) is 4.26. The van der Waals surface area contributed by atoms with Gasteiger partial charge in [0.05, 0.1) is 24.6 Å². The van der Waals surface area contributed by atoms with E-state index >= 15 is 0 Å². The minimum atomic E-state index is -0.842. The molecule has 1 aromatic rings. The summed E-state index contributed by atoms with van der Waals surface area (Å²) >= 11 is 0. The lowest BCUT2D eigenvalue weighted by molar-refractivity contribution is -0.136. The van der Waals surface area contributed by atoms with Crippen molar-refractivity contribution in [3.63, 3.8) is 0 Å². The Labute approximate surface area is 94.1 Å². The summed E-state index contributed by atoms with van der Waals surface area (Å²) in [6.07, 6.45) is 0.757. The lowest BCUT2D eigenvalue weighted by Gasteiger charge is -2.18. The number of nitrogens with zero attached hydrogens (tertiary/aromatic N) is 2. The van der Waals surface area contributed by atoms with Gasteiger partial charge in [0.1, 0.15) is 12.2 Å². The van der Waals surface area contributed by atoms with Gasteiger partial charge in [0.25, 0.3) is 0 Å².